The number of amides is 1. The van der Waals surface area contributed by atoms with Gasteiger partial charge in [0.05, 0.1) is 0 Å². The molecule has 0 radical (unpaired) electrons. The van der Waals surface area contributed by atoms with E-state index in [0.29, 0.717) is 6.08 Å². The van der Waals surface area contributed by atoms with Crippen molar-refractivity contribution >= 4 is 23.3 Å². The van der Waals surface area contributed by atoms with Crippen molar-refractivity contribution in [1.82, 2.24) is 0 Å². The van der Waals surface area contributed by atoms with Crippen LogP contribution in [0.1, 0.15) is 0 Å². The average molecular weight is 190 g/mol. The molecule has 0 aromatic heterocycles. The Morgan fingerprint density at radius 1 is 1.58 bits per heavy atom. The number of alkyl halides is 1. The Hall–Kier alpha value is -1.16. The van der Waals surface area contributed by atoms with Gasteiger partial charge in [0.15, 0.2) is 5.78 Å². The molecule has 64 valence electrons. The number of allylic oxidation sites excluding steroid dienone is 3. The van der Waals surface area contributed by atoms with Crippen molar-refractivity contribution in [2.45, 2.75) is 4.87 Å². The van der Waals surface area contributed by atoms with Gasteiger partial charge in [-0.15, -0.1) is 0 Å². The Morgan fingerprint density at radius 2 is 2.17 bits per heavy atom. The summed E-state index contributed by atoms with van der Waals surface area (Å²) in [5, 5.41) is 0. The highest BCUT2D eigenvalue weighted by Crippen LogP contribution is 2.25. The van der Waals surface area contributed by atoms with E-state index < -0.39 is 22.4 Å². The Balaban J connectivity index is 3.14. The lowest BCUT2D eigenvalue weighted by atomic mass is 9.97. The van der Waals surface area contributed by atoms with Gasteiger partial charge in [-0.05, 0) is 18.2 Å². The number of nitrogens with two attached hydrogens (primary N) is 1. The number of hydrogen-bond donors (Lipinski definition) is 1. The molecular formula is C7H5ClFNO2. The number of hydrogen-bond acceptors (Lipinski definition) is 2. The second kappa shape index (κ2) is 2.71. The van der Waals surface area contributed by atoms with E-state index in [1.54, 1.807) is 0 Å². The fourth-order valence-electron chi connectivity index (χ4n) is 0.778. The molecule has 0 heterocycles. The van der Waals surface area contributed by atoms with E-state index in [1.165, 1.54) is 0 Å². The third kappa shape index (κ3) is 1.25. The topological polar surface area (TPSA) is 60.2 Å². The van der Waals surface area contributed by atoms with Crippen molar-refractivity contribution in [3.05, 3.63) is 24.1 Å². The molecule has 0 bridgehead atoms. The van der Waals surface area contributed by atoms with Crippen LogP contribution in [-0.2, 0) is 9.59 Å². The number of halogens is 2. The molecule has 0 aromatic rings. The van der Waals surface area contributed by atoms with E-state index in [0.717, 1.165) is 12.2 Å². The molecule has 2 N–H and O–H groups in total. The minimum Gasteiger partial charge on any atom is -0.367 e. The molecule has 0 aliphatic heterocycles. The van der Waals surface area contributed by atoms with Gasteiger partial charge in [0.2, 0.25) is 4.87 Å². The molecule has 3 nitrogen and oxygen atoms in total. The molecule has 0 fully saturated rings. The van der Waals surface area contributed by atoms with Crippen LogP contribution in [0.5, 0.6) is 0 Å². The number of primary amides is 1. The Morgan fingerprint density at radius 3 is 2.58 bits per heavy atom. The molecule has 0 saturated carbocycles. The second-order valence-electron chi connectivity index (χ2n) is 2.30. The zero-order valence-corrected chi connectivity index (χ0v) is 6.64. The van der Waals surface area contributed by atoms with Gasteiger partial charge in [0.1, 0.15) is 5.83 Å². The monoisotopic (exact) mass is 189 g/mol. The van der Waals surface area contributed by atoms with Gasteiger partial charge in [-0.2, -0.15) is 0 Å². The van der Waals surface area contributed by atoms with Gasteiger partial charge in [0.25, 0.3) is 5.91 Å². The van der Waals surface area contributed by atoms with Crippen molar-refractivity contribution in [3.8, 4) is 0 Å². The lowest BCUT2D eigenvalue weighted by molar-refractivity contribution is -0.126. The van der Waals surface area contributed by atoms with Gasteiger partial charge >= 0.3 is 0 Å². The van der Waals surface area contributed by atoms with E-state index in [2.05, 4.69) is 0 Å². The fourth-order valence-corrected chi connectivity index (χ4v) is 0.946. The standard InChI is InChI=1S/C7H5ClFNO2/c8-7(6(10)12)3-4(9)1-2-5(7)11/h1-3H,(H2,10,12). The maximum absolute atomic E-state index is 12.5. The van der Waals surface area contributed by atoms with E-state index >= 15 is 0 Å². The largest absolute Gasteiger partial charge is 0.367 e. The predicted molar refractivity (Wildman–Crippen MR) is 41.1 cm³/mol. The van der Waals surface area contributed by atoms with Crippen LogP contribution in [0.25, 0.3) is 0 Å². The maximum Gasteiger partial charge on any atom is 0.250 e. The molecule has 1 aliphatic rings. The van der Waals surface area contributed by atoms with Crippen molar-refractivity contribution in [1.29, 1.82) is 0 Å². The summed E-state index contributed by atoms with van der Waals surface area (Å²) in [5.41, 5.74) is 4.82. The molecule has 5 heteroatoms. The Labute approximate surface area is 72.7 Å². The van der Waals surface area contributed by atoms with Crippen molar-refractivity contribution in [2.24, 2.45) is 5.73 Å². The summed E-state index contributed by atoms with van der Waals surface area (Å²) in [6.07, 6.45) is 2.50. The highest BCUT2D eigenvalue weighted by molar-refractivity contribution is 6.49. The summed E-state index contributed by atoms with van der Waals surface area (Å²) in [4.78, 5) is 19.6. The van der Waals surface area contributed by atoms with E-state index in [4.69, 9.17) is 17.3 Å². The van der Waals surface area contributed by atoms with Crippen LogP contribution in [0.4, 0.5) is 4.39 Å². The summed E-state index contributed by atoms with van der Waals surface area (Å²) in [6.45, 7) is 0. The third-order valence-electron chi connectivity index (χ3n) is 1.45. The van der Waals surface area contributed by atoms with Crippen LogP contribution < -0.4 is 5.73 Å². The molecule has 1 rings (SSSR count). The first-order valence-electron chi connectivity index (χ1n) is 3.06. The van der Waals surface area contributed by atoms with Crippen LogP contribution in [-0.4, -0.2) is 16.6 Å². The SMILES string of the molecule is NC(=O)C1(Cl)C=C(F)C=CC1=O. The Kier molecular flexibility index (Phi) is 2.02. The van der Waals surface area contributed by atoms with E-state index in [-0.39, 0.29) is 0 Å². The van der Waals surface area contributed by atoms with Crippen LogP contribution in [0.15, 0.2) is 24.1 Å². The van der Waals surface area contributed by atoms with Crippen molar-refractivity contribution in [3.63, 3.8) is 0 Å². The van der Waals surface area contributed by atoms with Gasteiger partial charge in [-0.25, -0.2) is 4.39 Å². The molecule has 1 atom stereocenters. The maximum atomic E-state index is 12.5. The number of ketones is 1. The van der Waals surface area contributed by atoms with Crippen LogP contribution in [0.3, 0.4) is 0 Å². The highest BCUT2D eigenvalue weighted by atomic mass is 35.5. The van der Waals surface area contributed by atoms with Gasteiger partial charge in [-0.3, -0.25) is 9.59 Å². The number of carbonyl (C=O) groups is 2. The quantitative estimate of drug-likeness (QED) is 0.481. The van der Waals surface area contributed by atoms with Gasteiger partial charge in [0, 0.05) is 0 Å². The van der Waals surface area contributed by atoms with Crippen molar-refractivity contribution in [2.75, 3.05) is 0 Å². The minimum absolute atomic E-state index is 0.694. The smallest absolute Gasteiger partial charge is 0.250 e. The summed E-state index contributed by atoms with van der Waals surface area (Å²) < 4.78 is 12.5. The van der Waals surface area contributed by atoms with E-state index in [1.807, 2.05) is 0 Å². The van der Waals surface area contributed by atoms with Gasteiger partial charge in [-0.1, -0.05) is 11.6 Å². The summed E-state index contributed by atoms with van der Waals surface area (Å²) >= 11 is 5.46. The Bertz CT molecular complexity index is 311. The fraction of sp³-hybridized carbons (Fsp3) is 0.143. The molecule has 0 spiro atoms. The first kappa shape index (κ1) is 8.93. The first-order valence-corrected chi connectivity index (χ1v) is 3.44. The lowest BCUT2D eigenvalue weighted by Gasteiger charge is -2.17. The minimum atomic E-state index is -2.04. The summed E-state index contributed by atoms with van der Waals surface area (Å²) in [5.74, 6) is -2.55. The lowest BCUT2D eigenvalue weighted by Crippen LogP contribution is -2.44. The van der Waals surface area contributed by atoms with E-state index in [9.17, 15) is 14.0 Å². The second-order valence-corrected chi connectivity index (χ2v) is 2.90. The van der Waals surface area contributed by atoms with Crippen LogP contribution in [0.2, 0.25) is 0 Å². The zero-order chi connectivity index (χ0) is 9.35. The first-order chi connectivity index (χ1) is 5.47. The third-order valence-corrected chi connectivity index (χ3v) is 1.93. The molecule has 0 saturated heterocycles. The molecule has 1 unspecified atom stereocenters. The summed E-state index contributed by atoms with van der Waals surface area (Å²) in [6, 6.07) is 0. The van der Waals surface area contributed by atoms with Gasteiger partial charge < -0.3 is 5.73 Å². The molecule has 1 amide bonds. The number of carbonyl (C=O) groups excluding carboxylic acids is 2. The normalized spacial score (nSPS) is 28.5. The molecule has 0 aromatic carbocycles. The van der Waals surface area contributed by atoms with Crippen LogP contribution in [0, 0.1) is 0 Å². The van der Waals surface area contributed by atoms with Crippen LogP contribution >= 0.6 is 11.6 Å². The average Bonchev–Trinajstić information content (AvgIpc) is 1.97. The number of rotatable bonds is 1. The zero-order valence-electron chi connectivity index (χ0n) is 5.88. The highest BCUT2D eigenvalue weighted by Gasteiger charge is 2.40. The molecule has 1 aliphatic carbocycles. The summed E-state index contributed by atoms with van der Waals surface area (Å²) in [7, 11) is 0. The molecular weight excluding hydrogens is 185 g/mol. The predicted octanol–water partition coefficient (Wildman–Crippen LogP) is 0.442. The van der Waals surface area contributed by atoms with Crippen molar-refractivity contribution < 1.29 is 14.0 Å². The molecule has 12 heavy (non-hydrogen) atoms.